The van der Waals surface area contributed by atoms with Crippen molar-refractivity contribution in [2.45, 2.75) is 12.8 Å². The molecule has 2 amide bonds. The Hall–Kier alpha value is -4.13. The molecule has 0 bridgehead atoms. The van der Waals surface area contributed by atoms with Gasteiger partial charge in [-0.05, 0) is 54.3 Å². The molecule has 2 aliphatic heterocycles. The van der Waals surface area contributed by atoms with Crippen LogP contribution in [0.3, 0.4) is 0 Å². The van der Waals surface area contributed by atoms with Crippen LogP contribution in [0.5, 0.6) is 11.5 Å². The first kappa shape index (κ1) is 21.7. The van der Waals surface area contributed by atoms with E-state index in [1.54, 1.807) is 18.2 Å². The van der Waals surface area contributed by atoms with Crippen LogP contribution in [0.4, 0.5) is 15.8 Å². The summed E-state index contributed by atoms with van der Waals surface area (Å²) in [7, 11) is 3.00. The van der Waals surface area contributed by atoms with Gasteiger partial charge in [0, 0.05) is 18.3 Å². The Morgan fingerprint density at radius 2 is 1.62 bits per heavy atom. The first-order chi connectivity index (χ1) is 16.5. The number of rotatable bonds is 5. The summed E-state index contributed by atoms with van der Waals surface area (Å²) in [5.41, 5.74) is 3.32. The molecule has 0 atom stereocenters. The lowest BCUT2D eigenvalue weighted by molar-refractivity contribution is -0.120. The molecule has 3 aromatic rings. The second kappa shape index (κ2) is 8.67. The van der Waals surface area contributed by atoms with Crippen LogP contribution in [0.15, 0.2) is 72.4 Å². The number of hydrogen-bond acceptors (Lipinski definition) is 5. The number of hydrogen-bond donors (Lipinski definition) is 0. The highest BCUT2D eigenvalue weighted by Crippen LogP contribution is 2.42. The number of anilines is 2. The molecular formula is C27H23FN2O4. The van der Waals surface area contributed by atoms with E-state index in [-0.39, 0.29) is 11.3 Å². The van der Waals surface area contributed by atoms with Gasteiger partial charge < -0.3 is 14.4 Å². The Morgan fingerprint density at radius 3 is 2.35 bits per heavy atom. The molecule has 0 aliphatic carbocycles. The van der Waals surface area contributed by atoms with Crippen molar-refractivity contribution in [1.82, 2.24) is 0 Å². The van der Waals surface area contributed by atoms with Crippen molar-refractivity contribution < 1.29 is 23.5 Å². The maximum atomic E-state index is 13.9. The van der Waals surface area contributed by atoms with Gasteiger partial charge in [-0.2, -0.15) is 0 Å². The third-order valence-corrected chi connectivity index (χ3v) is 6.20. The van der Waals surface area contributed by atoms with Gasteiger partial charge in [-0.1, -0.05) is 30.3 Å². The van der Waals surface area contributed by atoms with Crippen molar-refractivity contribution in [3.63, 3.8) is 0 Å². The van der Waals surface area contributed by atoms with Gasteiger partial charge in [-0.15, -0.1) is 0 Å². The molecule has 0 saturated carbocycles. The monoisotopic (exact) mass is 458 g/mol. The third-order valence-electron chi connectivity index (χ3n) is 6.20. The lowest BCUT2D eigenvalue weighted by atomic mass is 9.98. The van der Waals surface area contributed by atoms with E-state index in [1.165, 1.54) is 38.5 Å². The van der Waals surface area contributed by atoms with Crippen molar-refractivity contribution in [2.24, 2.45) is 0 Å². The Morgan fingerprint density at radius 1 is 0.853 bits per heavy atom. The molecule has 5 rings (SSSR count). The third kappa shape index (κ3) is 3.50. The van der Waals surface area contributed by atoms with Gasteiger partial charge in [-0.3, -0.25) is 9.59 Å². The summed E-state index contributed by atoms with van der Waals surface area (Å²) in [5, 5.41) is 0. The van der Waals surface area contributed by atoms with Crippen molar-refractivity contribution in [3.8, 4) is 11.5 Å². The number of benzene rings is 3. The lowest BCUT2D eigenvalue weighted by Gasteiger charge is -2.32. The highest BCUT2D eigenvalue weighted by Gasteiger charge is 2.44. The van der Waals surface area contributed by atoms with E-state index in [0.717, 1.165) is 29.0 Å². The second-order valence-electron chi connectivity index (χ2n) is 8.10. The Balaban J connectivity index is 1.69. The molecule has 3 aromatic carbocycles. The second-order valence-corrected chi connectivity index (χ2v) is 8.10. The summed E-state index contributed by atoms with van der Waals surface area (Å²) in [6.07, 6.45) is 1.73. The van der Waals surface area contributed by atoms with Crippen LogP contribution in [0.1, 0.15) is 17.5 Å². The molecule has 0 unspecified atom stereocenters. The smallest absolute Gasteiger partial charge is 0.282 e. The number of fused-ring (bicyclic) bond motifs is 1. The van der Waals surface area contributed by atoms with Crippen LogP contribution in [-0.4, -0.2) is 32.6 Å². The Labute approximate surface area is 196 Å². The van der Waals surface area contributed by atoms with E-state index in [4.69, 9.17) is 9.47 Å². The van der Waals surface area contributed by atoms with Gasteiger partial charge in [0.2, 0.25) is 0 Å². The Kier molecular flexibility index (Phi) is 5.53. The number of aryl methyl sites for hydroxylation is 1. The summed E-state index contributed by atoms with van der Waals surface area (Å²) >= 11 is 0. The number of methoxy groups -OCH3 is 2. The fourth-order valence-corrected chi connectivity index (χ4v) is 4.60. The van der Waals surface area contributed by atoms with Crippen molar-refractivity contribution in [3.05, 3.63) is 89.4 Å². The summed E-state index contributed by atoms with van der Waals surface area (Å²) in [5.74, 6) is -0.487. The number of carbonyl (C=O) groups excluding carboxylic acids is 2. The van der Waals surface area contributed by atoms with Gasteiger partial charge in [0.1, 0.15) is 23.0 Å². The van der Waals surface area contributed by atoms with E-state index in [1.807, 2.05) is 29.2 Å². The molecule has 0 radical (unpaired) electrons. The van der Waals surface area contributed by atoms with E-state index in [2.05, 4.69) is 0 Å². The van der Waals surface area contributed by atoms with Crippen LogP contribution in [0.2, 0.25) is 0 Å². The van der Waals surface area contributed by atoms with E-state index in [9.17, 15) is 14.0 Å². The first-order valence-corrected chi connectivity index (χ1v) is 11.0. The zero-order valence-electron chi connectivity index (χ0n) is 18.9. The highest BCUT2D eigenvalue weighted by molar-refractivity contribution is 6.46. The van der Waals surface area contributed by atoms with Crippen molar-refractivity contribution in [1.29, 1.82) is 0 Å². The zero-order valence-corrected chi connectivity index (χ0v) is 18.9. The largest absolute Gasteiger partial charge is 0.497 e. The molecule has 0 fully saturated rings. The van der Waals surface area contributed by atoms with Crippen LogP contribution in [0.25, 0.3) is 5.57 Å². The minimum absolute atomic E-state index is 0.236. The Bertz CT molecular complexity index is 1320. The lowest BCUT2D eigenvalue weighted by Crippen LogP contribution is -2.37. The molecule has 0 spiro atoms. The minimum atomic E-state index is -0.488. The number of carbonyl (C=O) groups is 2. The summed E-state index contributed by atoms with van der Waals surface area (Å²) in [6.45, 7) is 0.587. The van der Waals surface area contributed by atoms with E-state index >= 15 is 0 Å². The molecule has 6 nitrogen and oxygen atoms in total. The quantitative estimate of drug-likeness (QED) is 0.524. The van der Waals surface area contributed by atoms with Gasteiger partial charge in [0.25, 0.3) is 11.8 Å². The van der Waals surface area contributed by atoms with Gasteiger partial charge in [0.15, 0.2) is 0 Å². The predicted octanol–water partition coefficient (Wildman–Crippen LogP) is 4.58. The van der Waals surface area contributed by atoms with Gasteiger partial charge in [-0.25, -0.2) is 9.29 Å². The molecule has 2 heterocycles. The van der Waals surface area contributed by atoms with Crippen molar-refractivity contribution in [2.75, 3.05) is 30.6 Å². The van der Waals surface area contributed by atoms with E-state index in [0.29, 0.717) is 29.3 Å². The first-order valence-electron chi connectivity index (χ1n) is 11.0. The normalized spacial score (nSPS) is 15.6. The van der Waals surface area contributed by atoms with Crippen LogP contribution in [-0.2, 0) is 16.0 Å². The average molecular weight is 458 g/mol. The number of ether oxygens (including phenoxy) is 2. The number of halogens is 1. The standard InChI is InChI=1S/C27H23FN2O4/c1-33-20-13-14-22(23(16-20)34-2)30-26(31)24(18-9-11-19(28)12-10-18)25(27(30)32)29-15-5-7-17-6-3-4-8-21(17)29/h3-4,6,8-14,16H,5,7,15H2,1-2H3. The predicted molar refractivity (Wildman–Crippen MR) is 127 cm³/mol. The number of amides is 2. The summed E-state index contributed by atoms with van der Waals surface area (Å²) in [4.78, 5) is 30.8. The average Bonchev–Trinajstić information content (AvgIpc) is 3.13. The summed E-state index contributed by atoms with van der Waals surface area (Å²) < 4.78 is 24.4. The molecule has 7 heteroatoms. The molecule has 172 valence electrons. The molecule has 0 N–H and O–H groups in total. The van der Waals surface area contributed by atoms with Crippen LogP contribution in [0, 0.1) is 5.82 Å². The van der Waals surface area contributed by atoms with E-state index < -0.39 is 17.6 Å². The van der Waals surface area contributed by atoms with Gasteiger partial charge >= 0.3 is 0 Å². The van der Waals surface area contributed by atoms with Crippen molar-refractivity contribution >= 4 is 28.8 Å². The molecule has 0 aromatic heterocycles. The van der Waals surface area contributed by atoms with Crippen LogP contribution < -0.4 is 19.3 Å². The fourth-order valence-electron chi connectivity index (χ4n) is 4.60. The molecular weight excluding hydrogens is 435 g/mol. The molecule has 2 aliphatic rings. The fraction of sp³-hybridized carbons (Fsp3) is 0.185. The topological polar surface area (TPSA) is 59.1 Å². The number of para-hydroxylation sites is 1. The van der Waals surface area contributed by atoms with Gasteiger partial charge in [0.05, 0.1) is 25.5 Å². The van der Waals surface area contributed by atoms with Crippen LogP contribution >= 0.6 is 0 Å². The highest BCUT2D eigenvalue weighted by atomic mass is 19.1. The minimum Gasteiger partial charge on any atom is -0.497 e. The summed E-state index contributed by atoms with van der Waals surface area (Å²) in [6, 6.07) is 18.4. The molecule has 34 heavy (non-hydrogen) atoms. The maximum Gasteiger partial charge on any atom is 0.282 e. The SMILES string of the molecule is COc1ccc(N2C(=O)C(c3ccc(F)cc3)=C(N3CCCc4ccccc43)C2=O)c(OC)c1. The number of imide groups is 1. The maximum absolute atomic E-state index is 13.9. The number of nitrogens with zero attached hydrogens (tertiary/aromatic N) is 2. The molecule has 0 saturated heterocycles. The zero-order chi connectivity index (χ0) is 23.8.